The number of sulfonamides is 1. The van der Waals surface area contributed by atoms with E-state index in [-0.39, 0.29) is 17.3 Å². The van der Waals surface area contributed by atoms with Crippen molar-refractivity contribution in [2.24, 2.45) is 0 Å². The number of aryl methyl sites for hydroxylation is 2. The largest absolute Gasteiger partial charge is 0.355 e. The molecule has 0 heterocycles. The molecule has 38 heavy (non-hydrogen) atoms. The molecule has 0 unspecified atom stereocenters. The summed E-state index contributed by atoms with van der Waals surface area (Å²) in [6.45, 7) is 7.38. The molecular formula is C29H34ClN3O4S. The minimum absolute atomic E-state index is 0.0775. The van der Waals surface area contributed by atoms with Crippen LogP contribution in [0.25, 0.3) is 0 Å². The summed E-state index contributed by atoms with van der Waals surface area (Å²) in [4.78, 5) is 28.5. The molecule has 1 N–H and O–H groups in total. The minimum Gasteiger partial charge on any atom is -0.355 e. The normalized spacial score (nSPS) is 12.0. The van der Waals surface area contributed by atoms with Crippen LogP contribution in [0.15, 0.2) is 77.7 Å². The highest BCUT2D eigenvalue weighted by Crippen LogP contribution is 2.28. The van der Waals surface area contributed by atoms with Gasteiger partial charge in [-0.15, -0.1) is 0 Å². The number of rotatable bonds is 11. The van der Waals surface area contributed by atoms with Gasteiger partial charge in [-0.3, -0.25) is 13.9 Å². The molecular weight excluding hydrogens is 522 g/mol. The number of carbonyl (C=O) groups excluding carboxylic acids is 2. The third-order valence-electron chi connectivity index (χ3n) is 6.25. The van der Waals surface area contributed by atoms with Crippen LogP contribution in [0.1, 0.15) is 37.0 Å². The number of amides is 2. The second-order valence-corrected chi connectivity index (χ2v) is 11.4. The predicted octanol–water partition coefficient (Wildman–Crippen LogP) is 5.10. The predicted molar refractivity (Wildman–Crippen MR) is 152 cm³/mol. The molecule has 0 saturated heterocycles. The van der Waals surface area contributed by atoms with Gasteiger partial charge in [-0.2, -0.15) is 0 Å². The fourth-order valence-electron chi connectivity index (χ4n) is 4.22. The van der Waals surface area contributed by atoms with Crippen molar-refractivity contribution in [3.05, 3.63) is 94.5 Å². The van der Waals surface area contributed by atoms with Crippen LogP contribution in [0.3, 0.4) is 0 Å². The Morgan fingerprint density at radius 2 is 1.61 bits per heavy atom. The SMILES string of the molecule is CCNC(=O)[C@@H](CC)N(Cc1ccc(Cl)cc1)C(=O)CN(c1cc(C)ccc1C)S(=O)(=O)c1ccccc1. The molecule has 0 saturated carbocycles. The molecule has 0 fully saturated rings. The lowest BCUT2D eigenvalue weighted by Gasteiger charge is -2.33. The van der Waals surface area contributed by atoms with E-state index in [4.69, 9.17) is 11.6 Å². The molecule has 0 spiro atoms. The van der Waals surface area contributed by atoms with E-state index in [9.17, 15) is 18.0 Å². The van der Waals surface area contributed by atoms with Crippen molar-refractivity contribution in [2.45, 2.75) is 51.6 Å². The average molecular weight is 556 g/mol. The van der Waals surface area contributed by atoms with E-state index in [1.807, 2.05) is 39.8 Å². The molecule has 7 nitrogen and oxygen atoms in total. The maximum absolute atomic E-state index is 14.0. The van der Waals surface area contributed by atoms with Crippen LogP contribution in [0.2, 0.25) is 5.02 Å². The molecule has 3 aromatic rings. The Bertz CT molecular complexity index is 1360. The molecule has 3 aromatic carbocycles. The summed E-state index contributed by atoms with van der Waals surface area (Å²) in [5.41, 5.74) is 2.76. The van der Waals surface area contributed by atoms with Crippen molar-refractivity contribution in [3.8, 4) is 0 Å². The van der Waals surface area contributed by atoms with Crippen molar-refractivity contribution in [1.29, 1.82) is 0 Å². The highest BCUT2D eigenvalue weighted by molar-refractivity contribution is 7.92. The van der Waals surface area contributed by atoms with Gasteiger partial charge >= 0.3 is 0 Å². The first-order chi connectivity index (χ1) is 18.1. The van der Waals surface area contributed by atoms with Gasteiger partial charge in [0.25, 0.3) is 10.0 Å². The molecule has 2 amide bonds. The fraction of sp³-hybridized carbons (Fsp3) is 0.310. The van der Waals surface area contributed by atoms with Gasteiger partial charge in [0.1, 0.15) is 12.6 Å². The van der Waals surface area contributed by atoms with E-state index in [1.165, 1.54) is 17.0 Å². The summed E-state index contributed by atoms with van der Waals surface area (Å²) in [6, 6.07) is 19.7. The standard InChI is InChI=1S/C29H34ClN3O4S/c1-5-26(29(35)31-6-2)32(19-23-14-16-24(30)17-15-23)28(34)20-33(27-18-21(3)12-13-22(27)4)38(36,37)25-10-8-7-9-11-25/h7-18,26H,5-6,19-20H2,1-4H3,(H,31,35)/t26-/m1/s1. The zero-order valence-corrected chi connectivity index (χ0v) is 23.7. The van der Waals surface area contributed by atoms with E-state index >= 15 is 0 Å². The van der Waals surface area contributed by atoms with Crippen LogP contribution in [-0.2, 0) is 26.2 Å². The summed E-state index contributed by atoms with van der Waals surface area (Å²) in [7, 11) is -4.10. The zero-order valence-electron chi connectivity index (χ0n) is 22.1. The number of hydrogen-bond donors (Lipinski definition) is 1. The van der Waals surface area contributed by atoms with E-state index in [0.29, 0.717) is 29.2 Å². The average Bonchev–Trinajstić information content (AvgIpc) is 2.90. The third-order valence-corrected chi connectivity index (χ3v) is 8.27. The number of hydrogen-bond acceptors (Lipinski definition) is 4. The Hall–Kier alpha value is -3.36. The van der Waals surface area contributed by atoms with Crippen LogP contribution in [0, 0.1) is 13.8 Å². The van der Waals surface area contributed by atoms with E-state index in [2.05, 4.69) is 5.32 Å². The van der Waals surface area contributed by atoms with Crippen LogP contribution >= 0.6 is 11.6 Å². The van der Waals surface area contributed by atoms with Gasteiger partial charge in [-0.1, -0.05) is 61.0 Å². The van der Waals surface area contributed by atoms with Crippen molar-refractivity contribution >= 4 is 39.1 Å². The number of nitrogens with one attached hydrogen (secondary N) is 1. The zero-order chi connectivity index (χ0) is 27.9. The van der Waals surface area contributed by atoms with Crippen molar-refractivity contribution in [1.82, 2.24) is 10.2 Å². The highest BCUT2D eigenvalue weighted by atomic mass is 35.5. The second kappa shape index (κ2) is 12.9. The fourth-order valence-corrected chi connectivity index (χ4v) is 5.84. The Morgan fingerprint density at radius 1 is 0.947 bits per heavy atom. The van der Waals surface area contributed by atoms with E-state index in [0.717, 1.165) is 15.4 Å². The number of nitrogens with zero attached hydrogens (tertiary/aromatic N) is 2. The van der Waals surface area contributed by atoms with Gasteiger partial charge in [0.2, 0.25) is 11.8 Å². The first kappa shape index (κ1) is 29.2. The smallest absolute Gasteiger partial charge is 0.264 e. The molecule has 9 heteroatoms. The lowest BCUT2D eigenvalue weighted by molar-refractivity contribution is -0.140. The highest BCUT2D eigenvalue weighted by Gasteiger charge is 2.34. The first-order valence-corrected chi connectivity index (χ1v) is 14.4. The summed E-state index contributed by atoms with van der Waals surface area (Å²) >= 11 is 6.05. The molecule has 0 aliphatic heterocycles. The van der Waals surface area contributed by atoms with Crippen molar-refractivity contribution in [3.63, 3.8) is 0 Å². The quantitative estimate of drug-likeness (QED) is 0.357. The van der Waals surface area contributed by atoms with Gasteiger partial charge in [0.15, 0.2) is 0 Å². The minimum atomic E-state index is -4.10. The Morgan fingerprint density at radius 3 is 2.21 bits per heavy atom. The second-order valence-electron chi connectivity index (χ2n) is 9.08. The molecule has 0 bridgehead atoms. The van der Waals surface area contributed by atoms with Gasteiger partial charge in [0, 0.05) is 18.1 Å². The van der Waals surface area contributed by atoms with Crippen molar-refractivity contribution in [2.75, 3.05) is 17.4 Å². The number of benzene rings is 3. The van der Waals surface area contributed by atoms with Crippen LogP contribution in [0.5, 0.6) is 0 Å². The summed E-state index contributed by atoms with van der Waals surface area (Å²) in [5.74, 6) is -0.778. The van der Waals surface area contributed by atoms with Gasteiger partial charge in [-0.25, -0.2) is 8.42 Å². The van der Waals surface area contributed by atoms with Crippen molar-refractivity contribution < 1.29 is 18.0 Å². The molecule has 202 valence electrons. The molecule has 3 rings (SSSR count). The van der Waals surface area contributed by atoms with E-state index in [1.54, 1.807) is 48.5 Å². The summed E-state index contributed by atoms with van der Waals surface area (Å²) < 4.78 is 28.9. The number of anilines is 1. The van der Waals surface area contributed by atoms with Gasteiger partial charge in [0.05, 0.1) is 10.6 Å². The summed E-state index contributed by atoms with van der Waals surface area (Å²) in [5, 5.41) is 3.35. The Balaban J connectivity index is 2.08. The molecule has 0 aliphatic rings. The maximum Gasteiger partial charge on any atom is 0.264 e. The molecule has 0 aromatic heterocycles. The molecule has 1 atom stereocenters. The van der Waals surface area contributed by atoms with E-state index < -0.39 is 28.5 Å². The molecule has 0 aliphatic carbocycles. The van der Waals surface area contributed by atoms with Gasteiger partial charge in [-0.05, 0) is 74.2 Å². The van der Waals surface area contributed by atoms with Gasteiger partial charge < -0.3 is 10.2 Å². The number of halogens is 1. The Kier molecular flexibility index (Phi) is 9.94. The Labute approximate surface area is 230 Å². The van der Waals surface area contributed by atoms with Crippen LogP contribution in [-0.4, -0.2) is 44.3 Å². The maximum atomic E-state index is 14.0. The topological polar surface area (TPSA) is 86.8 Å². The first-order valence-electron chi connectivity index (χ1n) is 12.5. The van der Waals surface area contributed by atoms with Crippen LogP contribution < -0.4 is 9.62 Å². The van der Waals surface area contributed by atoms with Crippen LogP contribution in [0.4, 0.5) is 5.69 Å². The molecule has 0 radical (unpaired) electrons. The number of carbonyl (C=O) groups is 2. The lowest BCUT2D eigenvalue weighted by Crippen LogP contribution is -2.52. The summed E-state index contributed by atoms with van der Waals surface area (Å²) in [6.07, 6.45) is 0.361. The monoisotopic (exact) mass is 555 g/mol. The third kappa shape index (κ3) is 6.94. The number of likely N-dealkylation sites (N-methyl/N-ethyl adjacent to an activating group) is 1. The lowest BCUT2D eigenvalue weighted by atomic mass is 10.1.